The molecule has 12 heteroatoms. The van der Waals surface area contributed by atoms with Crippen LogP contribution in [0, 0.1) is 0 Å². The Morgan fingerprint density at radius 2 is 0.653 bits per heavy atom. The predicted octanol–water partition coefficient (Wildman–Crippen LogP) is 17.8. The van der Waals surface area contributed by atoms with Gasteiger partial charge in [0.05, 0.1) is 19.8 Å². The number of phosphoric ester groups is 1. The lowest BCUT2D eigenvalue weighted by Crippen LogP contribution is -2.30. The molecule has 72 heavy (non-hydrogen) atoms. The smallest absolute Gasteiger partial charge is 0.462 e. The summed E-state index contributed by atoms with van der Waals surface area (Å²) >= 11 is 0. The number of unbranched alkanes of at least 4 members (excludes halogenated alkanes) is 36. The normalized spacial score (nSPS) is 13.5. The molecular weight excluding hydrogens is 928 g/mol. The summed E-state index contributed by atoms with van der Waals surface area (Å²) in [6, 6.07) is 0. The van der Waals surface area contributed by atoms with Crippen LogP contribution >= 0.6 is 7.82 Å². The molecule has 0 aromatic heterocycles. The summed E-state index contributed by atoms with van der Waals surface area (Å²) in [6.45, 7) is 4.64. The third-order valence-corrected chi connectivity index (χ3v) is 14.3. The first kappa shape index (κ1) is 70.0. The maximum Gasteiger partial charge on any atom is 0.472 e. The zero-order chi connectivity index (χ0) is 52.7. The fourth-order valence-electron chi connectivity index (χ4n) is 8.69. The largest absolute Gasteiger partial charge is 0.472 e. The minimum atomic E-state index is -4.74. The van der Waals surface area contributed by atoms with Crippen molar-refractivity contribution in [2.75, 3.05) is 26.4 Å². The zero-order valence-electron chi connectivity index (χ0n) is 46.9. The second kappa shape index (κ2) is 55.2. The van der Waals surface area contributed by atoms with E-state index in [-0.39, 0.29) is 25.9 Å². The van der Waals surface area contributed by atoms with Crippen molar-refractivity contribution in [3.8, 4) is 0 Å². The van der Waals surface area contributed by atoms with Crippen LogP contribution in [-0.4, -0.2) is 66.5 Å². The van der Waals surface area contributed by atoms with Crippen LogP contribution in [0.4, 0.5) is 0 Å². The van der Waals surface area contributed by atoms with Crippen molar-refractivity contribution in [3.63, 3.8) is 0 Å². The highest BCUT2D eigenvalue weighted by molar-refractivity contribution is 7.47. The summed E-state index contributed by atoms with van der Waals surface area (Å²) in [5.74, 6) is -1.46. The Morgan fingerprint density at radius 1 is 0.375 bits per heavy atom. The van der Waals surface area contributed by atoms with Crippen molar-refractivity contribution in [1.82, 2.24) is 0 Å². The fraction of sp³-hybridized carbons (Fsp3) is 0.883. The molecule has 0 aliphatic carbocycles. The van der Waals surface area contributed by atoms with Crippen molar-refractivity contribution in [2.24, 2.45) is 0 Å². The van der Waals surface area contributed by atoms with Gasteiger partial charge in [-0.15, -0.1) is 0 Å². The molecule has 0 radical (unpaired) electrons. The summed E-state index contributed by atoms with van der Waals surface area (Å²) in [7, 11) is -4.74. The first-order chi connectivity index (χ1) is 35.2. The number of hydrogen-bond donors (Lipinski definition) is 2. The third-order valence-electron chi connectivity index (χ3n) is 13.3. The Morgan fingerprint density at radius 3 is 1.00 bits per heavy atom. The molecule has 3 unspecified atom stereocenters. The number of allylic oxidation sites excluding steroid dienone is 4. The zero-order valence-corrected chi connectivity index (χ0v) is 47.8. The monoisotopic (exact) mass is 1040 g/mol. The molecule has 0 saturated heterocycles. The van der Waals surface area contributed by atoms with Crippen LogP contribution in [0.2, 0.25) is 0 Å². The van der Waals surface area contributed by atoms with Gasteiger partial charge in [0.15, 0.2) is 6.10 Å². The molecule has 0 heterocycles. The fourth-order valence-corrected chi connectivity index (χ4v) is 9.47. The van der Waals surface area contributed by atoms with E-state index in [0.717, 1.165) is 96.3 Å². The Labute approximate surface area is 442 Å². The highest BCUT2D eigenvalue weighted by Crippen LogP contribution is 2.43. The lowest BCUT2D eigenvalue weighted by Gasteiger charge is -2.21. The number of ether oxygens (including phenoxy) is 3. The molecule has 0 spiro atoms. The summed E-state index contributed by atoms with van der Waals surface area (Å²) in [5, 5.41) is 9.81. The van der Waals surface area contributed by atoms with E-state index < -0.39 is 57.8 Å². The van der Waals surface area contributed by atoms with Crippen LogP contribution in [0.15, 0.2) is 24.3 Å². The second-order valence-electron chi connectivity index (χ2n) is 20.5. The molecule has 0 aromatic rings. The van der Waals surface area contributed by atoms with Gasteiger partial charge in [-0.3, -0.25) is 23.4 Å². The van der Waals surface area contributed by atoms with Gasteiger partial charge in [0.25, 0.3) is 0 Å². The Kier molecular flexibility index (Phi) is 53.6. The highest BCUT2D eigenvalue weighted by atomic mass is 31.2. The molecule has 3 atom stereocenters. The number of aliphatic hydroxyl groups is 1. The van der Waals surface area contributed by atoms with Crippen LogP contribution in [0.25, 0.3) is 0 Å². The van der Waals surface area contributed by atoms with Crippen molar-refractivity contribution in [3.05, 3.63) is 24.3 Å². The summed E-state index contributed by atoms with van der Waals surface area (Å²) in [6.07, 6.45) is 55.7. The van der Waals surface area contributed by atoms with Gasteiger partial charge in [0, 0.05) is 19.3 Å². The lowest BCUT2D eigenvalue weighted by molar-refractivity contribution is -0.161. The predicted molar refractivity (Wildman–Crippen MR) is 298 cm³/mol. The van der Waals surface area contributed by atoms with Gasteiger partial charge in [-0.1, -0.05) is 244 Å². The number of aliphatic hydroxyl groups excluding tert-OH is 1. The molecule has 0 bridgehead atoms. The van der Waals surface area contributed by atoms with E-state index in [1.165, 1.54) is 148 Å². The summed E-state index contributed by atoms with van der Waals surface area (Å²) in [4.78, 5) is 48.5. The number of carbonyl (C=O) groups is 3. The molecule has 2 N–H and O–H groups in total. The number of carbonyl (C=O) groups excluding carboxylic acids is 3. The quantitative estimate of drug-likeness (QED) is 0.0197. The van der Waals surface area contributed by atoms with Gasteiger partial charge in [-0.2, -0.15) is 0 Å². The molecular formula is C60H113O11P. The van der Waals surface area contributed by atoms with Gasteiger partial charge in [0.2, 0.25) is 0 Å². The molecule has 0 rings (SSSR count). The Hall–Kier alpha value is -2.04. The maximum absolute atomic E-state index is 12.9. The van der Waals surface area contributed by atoms with Gasteiger partial charge >= 0.3 is 25.7 Å². The van der Waals surface area contributed by atoms with Crippen LogP contribution in [0.5, 0.6) is 0 Å². The van der Waals surface area contributed by atoms with Crippen LogP contribution < -0.4 is 0 Å². The second-order valence-corrected chi connectivity index (χ2v) is 22.0. The molecule has 0 fully saturated rings. The molecule has 0 aliphatic heterocycles. The van der Waals surface area contributed by atoms with E-state index in [9.17, 15) is 28.9 Å². The number of phosphoric acid groups is 1. The van der Waals surface area contributed by atoms with Crippen LogP contribution in [0.1, 0.15) is 303 Å². The SMILES string of the molecule is CCCC/C=C\CCCCCCCC(=O)OCC(COP(=O)(O)OCC(CO)OC(=O)CCCCCCC/C=C\CCCCCCCC)OC(=O)CCCCCCCCCCCCCCCCCCCCC. The first-order valence-electron chi connectivity index (χ1n) is 30.2. The van der Waals surface area contributed by atoms with Gasteiger partial charge in [-0.05, 0) is 64.2 Å². The Bertz CT molecular complexity index is 1310. The minimum absolute atomic E-state index is 0.171. The lowest BCUT2D eigenvalue weighted by atomic mass is 10.0. The van der Waals surface area contributed by atoms with Crippen molar-refractivity contribution < 1.29 is 52.2 Å². The highest BCUT2D eigenvalue weighted by Gasteiger charge is 2.28. The molecule has 0 saturated carbocycles. The van der Waals surface area contributed by atoms with Gasteiger partial charge in [0.1, 0.15) is 12.7 Å². The molecule has 0 aromatic carbocycles. The third kappa shape index (κ3) is 52.8. The molecule has 424 valence electrons. The van der Waals surface area contributed by atoms with Crippen molar-refractivity contribution in [1.29, 1.82) is 0 Å². The number of hydrogen-bond acceptors (Lipinski definition) is 10. The Balaban J connectivity index is 4.63. The van der Waals surface area contributed by atoms with E-state index in [1.54, 1.807) is 0 Å². The van der Waals surface area contributed by atoms with E-state index >= 15 is 0 Å². The van der Waals surface area contributed by atoms with E-state index in [1.807, 2.05) is 0 Å². The summed E-state index contributed by atoms with van der Waals surface area (Å²) < 4.78 is 39.5. The standard InChI is InChI=1S/C60H113O11P/c1-4-7-10-13-16-19-22-24-26-27-28-29-31-33-36-39-42-45-48-51-60(64)71-57(53-67-58(62)49-46-43-40-37-34-21-18-15-12-9-6-3)55-69-72(65,66)68-54-56(52-61)70-59(63)50-47-44-41-38-35-32-30-25-23-20-17-14-11-8-5-2/h15,18,25,30,56-57,61H,4-14,16-17,19-24,26-29,31-55H2,1-3H3,(H,65,66)/b18-15-,30-25-. The maximum atomic E-state index is 12.9. The average Bonchev–Trinajstić information content (AvgIpc) is 3.37. The summed E-state index contributed by atoms with van der Waals surface area (Å²) in [5.41, 5.74) is 0. The van der Waals surface area contributed by atoms with E-state index in [4.69, 9.17) is 23.3 Å². The van der Waals surface area contributed by atoms with Crippen LogP contribution in [-0.2, 0) is 42.2 Å². The molecule has 11 nitrogen and oxygen atoms in total. The number of esters is 3. The van der Waals surface area contributed by atoms with Crippen molar-refractivity contribution >= 4 is 25.7 Å². The topological polar surface area (TPSA) is 155 Å². The molecule has 0 aliphatic rings. The first-order valence-corrected chi connectivity index (χ1v) is 31.7. The van der Waals surface area contributed by atoms with Gasteiger partial charge in [-0.25, -0.2) is 4.57 Å². The minimum Gasteiger partial charge on any atom is -0.462 e. The van der Waals surface area contributed by atoms with E-state index in [0.29, 0.717) is 19.3 Å². The van der Waals surface area contributed by atoms with Gasteiger partial charge < -0.3 is 24.2 Å². The average molecular weight is 1040 g/mol. The molecule has 0 amide bonds. The number of rotatable bonds is 57. The van der Waals surface area contributed by atoms with Crippen LogP contribution in [0.3, 0.4) is 0 Å². The van der Waals surface area contributed by atoms with E-state index in [2.05, 4.69) is 45.1 Å². The van der Waals surface area contributed by atoms with Crippen molar-refractivity contribution in [2.45, 2.75) is 315 Å².